The van der Waals surface area contributed by atoms with Gasteiger partial charge in [-0.25, -0.2) is 13.1 Å². The molecule has 0 unspecified atom stereocenters. The molecule has 6 nitrogen and oxygen atoms in total. The number of halogens is 1. The van der Waals surface area contributed by atoms with E-state index in [4.69, 9.17) is 23.8 Å². The number of sulfonamides is 1. The first kappa shape index (κ1) is 22.7. The molecule has 0 spiro atoms. The standard InChI is InChI=1S/C21H24ClN3O3S2/c22-16-8-6-15(7-9-16)14-20(26)24-21(29)23-17-10-12-19(13-11-17)30(27,28)25-18-4-2-1-3-5-18/h6-13,18,25H,1-5,14H2,(H2,23,24,26,29). The zero-order chi connectivity index (χ0) is 21.6. The van der Waals surface area contributed by atoms with E-state index < -0.39 is 10.0 Å². The highest BCUT2D eigenvalue weighted by Gasteiger charge is 2.21. The SMILES string of the molecule is O=C(Cc1ccc(Cl)cc1)NC(=S)Nc1ccc(S(=O)(=O)NC2CCCCC2)cc1. The lowest BCUT2D eigenvalue weighted by atomic mass is 9.96. The number of thiocarbonyl (C=S) groups is 1. The largest absolute Gasteiger partial charge is 0.332 e. The molecule has 0 atom stereocenters. The van der Waals surface area contributed by atoms with Crippen LogP contribution in [-0.4, -0.2) is 25.5 Å². The molecule has 0 bridgehead atoms. The summed E-state index contributed by atoms with van der Waals surface area (Å²) in [5.41, 5.74) is 1.41. The van der Waals surface area contributed by atoms with Gasteiger partial charge in [0.05, 0.1) is 11.3 Å². The van der Waals surface area contributed by atoms with Crippen molar-refractivity contribution < 1.29 is 13.2 Å². The Morgan fingerprint density at radius 1 is 1.00 bits per heavy atom. The summed E-state index contributed by atoms with van der Waals surface area (Å²) in [7, 11) is -3.55. The van der Waals surface area contributed by atoms with Gasteiger partial charge in [-0.1, -0.05) is 43.0 Å². The van der Waals surface area contributed by atoms with E-state index in [1.807, 2.05) is 0 Å². The first-order chi connectivity index (χ1) is 14.3. The van der Waals surface area contributed by atoms with E-state index in [-0.39, 0.29) is 28.4 Å². The van der Waals surface area contributed by atoms with Crippen LogP contribution in [-0.2, 0) is 21.2 Å². The minimum absolute atomic E-state index is 0.00461. The molecule has 1 saturated carbocycles. The van der Waals surface area contributed by atoms with Gasteiger partial charge in [-0.2, -0.15) is 0 Å². The van der Waals surface area contributed by atoms with Crippen molar-refractivity contribution in [1.82, 2.24) is 10.0 Å². The third-order valence-corrected chi connectivity index (χ3v) is 6.87. The zero-order valence-electron chi connectivity index (χ0n) is 16.4. The van der Waals surface area contributed by atoms with E-state index in [9.17, 15) is 13.2 Å². The Morgan fingerprint density at radius 2 is 1.63 bits per heavy atom. The third-order valence-electron chi connectivity index (χ3n) is 4.88. The molecule has 9 heteroatoms. The van der Waals surface area contributed by atoms with Crippen LogP contribution in [0.5, 0.6) is 0 Å². The second-order valence-corrected chi connectivity index (χ2v) is 9.84. The Balaban J connectivity index is 1.52. The summed E-state index contributed by atoms with van der Waals surface area (Å²) in [6.07, 6.45) is 5.19. The van der Waals surface area contributed by atoms with Gasteiger partial charge in [0.15, 0.2) is 5.11 Å². The van der Waals surface area contributed by atoms with Gasteiger partial charge in [-0.15, -0.1) is 0 Å². The quantitative estimate of drug-likeness (QED) is 0.561. The number of carbonyl (C=O) groups excluding carboxylic acids is 1. The lowest BCUT2D eigenvalue weighted by molar-refractivity contribution is -0.119. The van der Waals surface area contributed by atoms with Crippen LogP contribution in [0.4, 0.5) is 5.69 Å². The van der Waals surface area contributed by atoms with E-state index in [2.05, 4.69) is 15.4 Å². The Bertz CT molecular complexity index is 987. The molecule has 1 amide bonds. The molecule has 2 aromatic rings. The predicted molar refractivity (Wildman–Crippen MR) is 123 cm³/mol. The number of hydrogen-bond acceptors (Lipinski definition) is 4. The number of anilines is 1. The molecule has 30 heavy (non-hydrogen) atoms. The van der Waals surface area contributed by atoms with Crippen molar-refractivity contribution in [3.05, 3.63) is 59.1 Å². The molecule has 0 heterocycles. The van der Waals surface area contributed by atoms with Crippen molar-refractivity contribution in [2.75, 3.05) is 5.32 Å². The minimum Gasteiger partial charge on any atom is -0.332 e. The zero-order valence-corrected chi connectivity index (χ0v) is 18.7. The van der Waals surface area contributed by atoms with Crippen molar-refractivity contribution in [1.29, 1.82) is 0 Å². The van der Waals surface area contributed by atoms with Gasteiger partial charge >= 0.3 is 0 Å². The first-order valence-corrected chi connectivity index (χ1v) is 12.1. The van der Waals surface area contributed by atoms with Crippen LogP contribution in [0.2, 0.25) is 5.02 Å². The van der Waals surface area contributed by atoms with E-state index in [1.165, 1.54) is 12.1 Å². The van der Waals surface area contributed by atoms with Crippen molar-refractivity contribution in [3.63, 3.8) is 0 Å². The van der Waals surface area contributed by atoms with Crippen LogP contribution in [0.15, 0.2) is 53.4 Å². The number of carbonyl (C=O) groups is 1. The second-order valence-electron chi connectivity index (χ2n) is 7.29. The maximum atomic E-state index is 12.6. The molecule has 160 valence electrons. The van der Waals surface area contributed by atoms with E-state index in [0.29, 0.717) is 10.7 Å². The number of rotatable bonds is 6. The van der Waals surface area contributed by atoms with Crippen LogP contribution in [0, 0.1) is 0 Å². The topological polar surface area (TPSA) is 87.3 Å². The molecule has 0 aliphatic heterocycles. The average molecular weight is 466 g/mol. The molecule has 0 radical (unpaired) electrons. The summed E-state index contributed by atoms with van der Waals surface area (Å²) in [5, 5.41) is 6.25. The summed E-state index contributed by atoms with van der Waals surface area (Å²) in [5.74, 6) is -0.259. The second kappa shape index (κ2) is 10.3. The van der Waals surface area contributed by atoms with Gasteiger partial charge in [0.25, 0.3) is 0 Å². The summed E-state index contributed by atoms with van der Waals surface area (Å²) in [6, 6.07) is 13.3. The highest BCUT2D eigenvalue weighted by molar-refractivity contribution is 7.89. The molecule has 2 aromatic carbocycles. The highest BCUT2D eigenvalue weighted by Crippen LogP contribution is 2.21. The van der Waals surface area contributed by atoms with Gasteiger partial charge in [0, 0.05) is 16.8 Å². The fourth-order valence-electron chi connectivity index (χ4n) is 3.35. The molecular formula is C21H24ClN3O3S2. The fraction of sp³-hybridized carbons (Fsp3) is 0.333. The summed E-state index contributed by atoms with van der Waals surface area (Å²) in [6.45, 7) is 0. The third kappa shape index (κ3) is 6.77. The van der Waals surface area contributed by atoms with Crippen LogP contribution < -0.4 is 15.4 Å². The fourth-order valence-corrected chi connectivity index (χ4v) is 5.01. The maximum Gasteiger partial charge on any atom is 0.240 e. The number of nitrogens with one attached hydrogen (secondary N) is 3. The van der Waals surface area contributed by atoms with Gasteiger partial charge in [0.1, 0.15) is 0 Å². The Morgan fingerprint density at radius 3 is 2.27 bits per heavy atom. The first-order valence-electron chi connectivity index (χ1n) is 9.79. The summed E-state index contributed by atoms with van der Waals surface area (Å²) in [4.78, 5) is 12.3. The van der Waals surface area contributed by atoms with Crippen molar-refractivity contribution in [2.24, 2.45) is 0 Å². The van der Waals surface area contributed by atoms with Crippen LogP contribution in [0.1, 0.15) is 37.7 Å². The Labute approximate surface area is 187 Å². The highest BCUT2D eigenvalue weighted by atomic mass is 35.5. The van der Waals surface area contributed by atoms with Crippen molar-refractivity contribution >= 4 is 50.5 Å². The lowest BCUT2D eigenvalue weighted by Crippen LogP contribution is -2.36. The van der Waals surface area contributed by atoms with Gasteiger partial charge in [0.2, 0.25) is 15.9 Å². The molecule has 0 saturated heterocycles. The number of hydrogen-bond donors (Lipinski definition) is 3. The summed E-state index contributed by atoms with van der Waals surface area (Å²) < 4.78 is 27.9. The predicted octanol–water partition coefficient (Wildman–Crippen LogP) is 4.01. The molecule has 3 rings (SSSR count). The van der Waals surface area contributed by atoms with Gasteiger partial charge < -0.3 is 10.6 Å². The molecule has 0 aromatic heterocycles. The van der Waals surface area contributed by atoms with E-state index in [0.717, 1.165) is 37.7 Å². The molecule has 1 aliphatic carbocycles. The normalized spacial score (nSPS) is 14.8. The lowest BCUT2D eigenvalue weighted by Gasteiger charge is -2.22. The van der Waals surface area contributed by atoms with Crippen molar-refractivity contribution in [2.45, 2.75) is 49.5 Å². The molecule has 3 N–H and O–H groups in total. The summed E-state index contributed by atoms with van der Waals surface area (Å²) >= 11 is 11.0. The number of benzene rings is 2. The van der Waals surface area contributed by atoms with E-state index in [1.54, 1.807) is 36.4 Å². The monoisotopic (exact) mass is 465 g/mol. The van der Waals surface area contributed by atoms with Crippen LogP contribution in [0.25, 0.3) is 0 Å². The van der Waals surface area contributed by atoms with Crippen LogP contribution >= 0.6 is 23.8 Å². The molecule has 1 fully saturated rings. The Hall–Kier alpha value is -2.00. The Kier molecular flexibility index (Phi) is 7.82. The average Bonchev–Trinajstić information content (AvgIpc) is 2.70. The minimum atomic E-state index is -3.55. The molecule has 1 aliphatic rings. The van der Waals surface area contributed by atoms with Crippen LogP contribution in [0.3, 0.4) is 0 Å². The number of amides is 1. The van der Waals surface area contributed by atoms with Gasteiger partial charge in [-0.3, -0.25) is 4.79 Å². The van der Waals surface area contributed by atoms with E-state index >= 15 is 0 Å². The van der Waals surface area contributed by atoms with Crippen molar-refractivity contribution in [3.8, 4) is 0 Å². The maximum absolute atomic E-state index is 12.6. The van der Waals surface area contributed by atoms with Gasteiger partial charge in [-0.05, 0) is 67.0 Å². The smallest absolute Gasteiger partial charge is 0.240 e. The molecular weight excluding hydrogens is 442 g/mol.